The Morgan fingerprint density at radius 1 is 0.550 bits per heavy atom. The van der Waals surface area contributed by atoms with Gasteiger partial charge in [-0.25, -0.2) is 0 Å². The highest BCUT2D eigenvalue weighted by molar-refractivity contribution is 4.93. The van der Waals surface area contributed by atoms with Gasteiger partial charge in [-0.15, -0.1) is 0 Å². The third kappa shape index (κ3) is 3.98. The molecule has 0 N–H and O–H groups in total. The summed E-state index contributed by atoms with van der Waals surface area (Å²) in [5.41, 5.74) is 0. The lowest BCUT2D eigenvalue weighted by atomic mass is 9.73. The minimum atomic E-state index is 0.758. The van der Waals surface area contributed by atoms with Crippen LogP contribution in [0.5, 0.6) is 0 Å². The fourth-order valence-electron chi connectivity index (χ4n) is 4.96. The van der Waals surface area contributed by atoms with Crippen molar-refractivity contribution in [1.82, 2.24) is 9.80 Å². The van der Waals surface area contributed by atoms with Crippen LogP contribution in [0, 0.1) is 11.8 Å². The molecule has 0 bridgehead atoms. The van der Waals surface area contributed by atoms with Gasteiger partial charge in [0.1, 0.15) is 0 Å². The summed E-state index contributed by atoms with van der Waals surface area (Å²) in [5.74, 6) is 1.85. The van der Waals surface area contributed by atoms with Crippen molar-refractivity contribution in [2.75, 3.05) is 28.2 Å². The number of likely N-dealkylation sites (N-methyl/N-ethyl adjacent to an activating group) is 2. The number of nitrogens with zero attached hydrogens (tertiary/aromatic N) is 2. The second kappa shape index (κ2) is 7.79. The fraction of sp³-hybridized carbons (Fsp3) is 1.00. The summed E-state index contributed by atoms with van der Waals surface area (Å²) in [4.78, 5) is 5.10. The van der Waals surface area contributed by atoms with Gasteiger partial charge in [0.25, 0.3) is 0 Å². The van der Waals surface area contributed by atoms with Gasteiger partial charge in [-0.3, -0.25) is 0 Å². The molecule has 2 heteroatoms. The van der Waals surface area contributed by atoms with E-state index in [0.717, 1.165) is 23.9 Å². The SMILES string of the molecule is CN(C)[C@H](C1CCCCC1)[C@@H](C1CCCCC1)N(C)C. The Labute approximate surface area is 126 Å². The molecule has 2 atom stereocenters. The van der Waals surface area contributed by atoms with E-state index in [-0.39, 0.29) is 0 Å². The molecule has 0 spiro atoms. The van der Waals surface area contributed by atoms with Gasteiger partial charge >= 0.3 is 0 Å². The lowest BCUT2D eigenvalue weighted by Crippen LogP contribution is -2.55. The van der Waals surface area contributed by atoms with E-state index in [1.165, 1.54) is 64.2 Å². The van der Waals surface area contributed by atoms with Crippen molar-refractivity contribution in [2.24, 2.45) is 11.8 Å². The Morgan fingerprint density at radius 2 is 0.850 bits per heavy atom. The molecule has 0 saturated heterocycles. The summed E-state index contributed by atoms with van der Waals surface area (Å²) in [6, 6.07) is 1.52. The van der Waals surface area contributed by atoms with E-state index < -0.39 is 0 Å². The Hall–Kier alpha value is -0.0800. The largest absolute Gasteiger partial charge is 0.305 e. The van der Waals surface area contributed by atoms with Crippen LogP contribution in [0.1, 0.15) is 64.2 Å². The highest BCUT2D eigenvalue weighted by Gasteiger charge is 2.38. The predicted octanol–water partition coefficient (Wildman–Crippen LogP) is 4.01. The zero-order chi connectivity index (χ0) is 14.5. The van der Waals surface area contributed by atoms with Gasteiger partial charge in [0, 0.05) is 12.1 Å². The molecule has 2 saturated carbocycles. The van der Waals surface area contributed by atoms with E-state index in [1.54, 1.807) is 0 Å². The van der Waals surface area contributed by atoms with Crippen LogP contribution in [0.2, 0.25) is 0 Å². The first-order valence-corrected chi connectivity index (χ1v) is 8.94. The standard InChI is InChI=1S/C18H36N2/c1-19(2)17(15-11-7-5-8-12-15)18(20(3)4)16-13-9-6-10-14-16/h15-18H,5-14H2,1-4H3/t17-,18-/m1/s1. The van der Waals surface area contributed by atoms with E-state index in [0.29, 0.717) is 0 Å². The van der Waals surface area contributed by atoms with Crippen molar-refractivity contribution in [3.8, 4) is 0 Å². The molecule has 2 aliphatic rings. The van der Waals surface area contributed by atoms with Gasteiger partial charge in [-0.05, 0) is 65.7 Å². The van der Waals surface area contributed by atoms with E-state index in [2.05, 4.69) is 38.0 Å². The maximum Gasteiger partial charge on any atom is 0.0276 e. The van der Waals surface area contributed by atoms with Crippen LogP contribution in [0.25, 0.3) is 0 Å². The third-order valence-corrected chi connectivity index (χ3v) is 5.81. The smallest absolute Gasteiger partial charge is 0.0276 e. The van der Waals surface area contributed by atoms with Crippen LogP contribution in [-0.2, 0) is 0 Å². The molecule has 0 radical (unpaired) electrons. The first-order chi connectivity index (χ1) is 9.61. The summed E-state index contributed by atoms with van der Waals surface area (Å²) in [6.45, 7) is 0. The van der Waals surface area contributed by atoms with Crippen LogP contribution < -0.4 is 0 Å². The van der Waals surface area contributed by atoms with Gasteiger partial charge < -0.3 is 9.80 Å². The number of hydrogen-bond acceptors (Lipinski definition) is 2. The molecular formula is C18H36N2. The molecule has 0 heterocycles. The molecule has 0 aromatic heterocycles. The minimum absolute atomic E-state index is 0.758. The molecule has 0 amide bonds. The van der Waals surface area contributed by atoms with Crippen molar-refractivity contribution in [3.63, 3.8) is 0 Å². The Morgan fingerprint density at radius 3 is 1.10 bits per heavy atom. The molecule has 2 aliphatic carbocycles. The predicted molar refractivity (Wildman–Crippen MR) is 88.1 cm³/mol. The number of rotatable bonds is 5. The van der Waals surface area contributed by atoms with Crippen molar-refractivity contribution in [2.45, 2.75) is 76.3 Å². The van der Waals surface area contributed by atoms with E-state index in [9.17, 15) is 0 Å². The monoisotopic (exact) mass is 280 g/mol. The molecule has 2 rings (SSSR count). The normalized spacial score (nSPS) is 26.1. The van der Waals surface area contributed by atoms with Crippen LogP contribution in [0.4, 0.5) is 0 Å². The van der Waals surface area contributed by atoms with E-state index >= 15 is 0 Å². The van der Waals surface area contributed by atoms with E-state index in [1.807, 2.05) is 0 Å². The highest BCUT2D eigenvalue weighted by atomic mass is 15.2. The third-order valence-electron chi connectivity index (χ3n) is 5.81. The van der Waals surface area contributed by atoms with Gasteiger partial charge in [0.05, 0.1) is 0 Å². The van der Waals surface area contributed by atoms with Gasteiger partial charge in [-0.2, -0.15) is 0 Å². The first-order valence-electron chi connectivity index (χ1n) is 8.94. The first kappa shape index (κ1) is 16.3. The van der Waals surface area contributed by atoms with Crippen LogP contribution in [0.3, 0.4) is 0 Å². The maximum atomic E-state index is 2.55. The lowest BCUT2D eigenvalue weighted by molar-refractivity contribution is 0.0380. The molecule has 0 unspecified atom stereocenters. The zero-order valence-corrected chi connectivity index (χ0v) is 14.3. The molecule has 0 aromatic rings. The molecule has 2 fully saturated rings. The van der Waals surface area contributed by atoms with Crippen molar-refractivity contribution in [1.29, 1.82) is 0 Å². The second-order valence-electron chi connectivity index (χ2n) is 7.70. The quantitative estimate of drug-likeness (QED) is 0.751. The topological polar surface area (TPSA) is 6.48 Å². The highest BCUT2D eigenvalue weighted by Crippen LogP contribution is 2.37. The second-order valence-corrected chi connectivity index (χ2v) is 7.70. The van der Waals surface area contributed by atoms with Gasteiger partial charge in [0.2, 0.25) is 0 Å². The Balaban J connectivity index is 2.13. The molecule has 0 aromatic carbocycles. The molecule has 20 heavy (non-hydrogen) atoms. The molecule has 0 aliphatic heterocycles. The Kier molecular flexibility index (Phi) is 6.35. The van der Waals surface area contributed by atoms with Gasteiger partial charge in [-0.1, -0.05) is 38.5 Å². The molecule has 2 nitrogen and oxygen atoms in total. The lowest BCUT2D eigenvalue weighted by Gasteiger charge is -2.47. The number of hydrogen-bond donors (Lipinski definition) is 0. The van der Waals surface area contributed by atoms with E-state index in [4.69, 9.17) is 0 Å². The van der Waals surface area contributed by atoms with Crippen molar-refractivity contribution in [3.05, 3.63) is 0 Å². The summed E-state index contributed by atoms with van der Waals surface area (Å²) < 4.78 is 0. The molecular weight excluding hydrogens is 244 g/mol. The minimum Gasteiger partial charge on any atom is -0.305 e. The van der Waals surface area contributed by atoms with Crippen LogP contribution in [-0.4, -0.2) is 50.1 Å². The summed E-state index contributed by atoms with van der Waals surface area (Å²) >= 11 is 0. The molecule has 118 valence electrons. The van der Waals surface area contributed by atoms with Crippen LogP contribution in [0.15, 0.2) is 0 Å². The average molecular weight is 280 g/mol. The summed E-state index contributed by atoms with van der Waals surface area (Å²) in [5, 5.41) is 0. The van der Waals surface area contributed by atoms with Crippen LogP contribution >= 0.6 is 0 Å². The van der Waals surface area contributed by atoms with Crippen molar-refractivity contribution >= 4 is 0 Å². The van der Waals surface area contributed by atoms with Gasteiger partial charge in [0.15, 0.2) is 0 Å². The van der Waals surface area contributed by atoms with Crippen molar-refractivity contribution < 1.29 is 0 Å². The summed E-state index contributed by atoms with van der Waals surface area (Å²) in [6.07, 6.45) is 14.6. The fourth-order valence-corrected chi connectivity index (χ4v) is 4.96. The summed E-state index contributed by atoms with van der Waals surface area (Å²) in [7, 11) is 9.27. The maximum absolute atomic E-state index is 2.55. The zero-order valence-electron chi connectivity index (χ0n) is 14.3. The Bertz CT molecular complexity index is 235. The average Bonchev–Trinajstić information content (AvgIpc) is 2.45.